The van der Waals surface area contributed by atoms with E-state index in [9.17, 15) is 30.7 Å². The van der Waals surface area contributed by atoms with Crippen LogP contribution in [-0.4, -0.2) is 17.1 Å². The second-order valence-corrected chi connectivity index (χ2v) is 5.12. The topological polar surface area (TPSA) is 12.9 Å². The van der Waals surface area contributed by atoms with Crippen LogP contribution < -0.4 is 0 Å². The molecular formula is C12H5BrF7N. The number of nitrogens with zero attached hydrogens (tertiary/aromatic N) is 1. The van der Waals surface area contributed by atoms with E-state index in [0.717, 1.165) is 0 Å². The molecule has 0 atom stereocenters. The van der Waals surface area contributed by atoms with Crippen molar-refractivity contribution in [3.8, 4) is 0 Å². The number of alkyl halides is 7. The van der Waals surface area contributed by atoms with E-state index in [1.54, 1.807) is 0 Å². The van der Waals surface area contributed by atoms with Gasteiger partial charge in [0, 0.05) is 21.6 Å². The van der Waals surface area contributed by atoms with Gasteiger partial charge in [0.1, 0.15) is 0 Å². The number of benzene rings is 1. The molecule has 0 radical (unpaired) electrons. The molecular weight excluding hydrogens is 371 g/mol. The van der Waals surface area contributed by atoms with E-state index in [-0.39, 0.29) is 10.9 Å². The SMILES string of the molecule is FC(F)(F)C(F)(F)C(F)(F)c1cnc2ccc(Br)cc2c1. The molecule has 1 heterocycles. The van der Waals surface area contributed by atoms with E-state index < -0.39 is 23.6 Å². The molecule has 2 aromatic rings. The summed E-state index contributed by atoms with van der Waals surface area (Å²) in [5.74, 6) is -11.6. The van der Waals surface area contributed by atoms with E-state index >= 15 is 0 Å². The van der Waals surface area contributed by atoms with Crippen LogP contribution in [-0.2, 0) is 5.92 Å². The highest BCUT2D eigenvalue weighted by Gasteiger charge is 2.73. The molecule has 0 saturated heterocycles. The average Bonchev–Trinajstić information content (AvgIpc) is 2.36. The number of halogens is 8. The zero-order valence-corrected chi connectivity index (χ0v) is 11.4. The Balaban J connectivity index is 2.59. The third kappa shape index (κ3) is 2.58. The van der Waals surface area contributed by atoms with Gasteiger partial charge in [0.15, 0.2) is 0 Å². The second-order valence-electron chi connectivity index (χ2n) is 4.21. The molecule has 0 aliphatic heterocycles. The summed E-state index contributed by atoms with van der Waals surface area (Å²) < 4.78 is 89.8. The second kappa shape index (κ2) is 4.82. The molecule has 1 aromatic heterocycles. The van der Waals surface area contributed by atoms with E-state index in [0.29, 0.717) is 16.7 Å². The number of rotatable bonds is 2. The van der Waals surface area contributed by atoms with E-state index in [2.05, 4.69) is 20.9 Å². The van der Waals surface area contributed by atoms with Crippen molar-refractivity contribution in [1.29, 1.82) is 0 Å². The third-order valence-corrected chi connectivity index (χ3v) is 3.25. The van der Waals surface area contributed by atoms with E-state index in [1.165, 1.54) is 18.2 Å². The Morgan fingerprint density at radius 2 is 1.52 bits per heavy atom. The van der Waals surface area contributed by atoms with Gasteiger partial charge in [0.05, 0.1) is 5.52 Å². The maximum Gasteiger partial charge on any atom is 0.460 e. The largest absolute Gasteiger partial charge is 0.460 e. The van der Waals surface area contributed by atoms with Crippen LogP contribution in [0.1, 0.15) is 5.56 Å². The van der Waals surface area contributed by atoms with Gasteiger partial charge < -0.3 is 0 Å². The monoisotopic (exact) mass is 375 g/mol. The van der Waals surface area contributed by atoms with Gasteiger partial charge in [-0.2, -0.15) is 30.7 Å². The van der Waals surface area contributed by atoms with Crippen LogP contribution in [0.4, 0.5) is 30.7 Å². The van der Waals surface area contributed by atoms with Gasteiger partial charge in [-0.3, -0.25) is 4.98 Å². The number of hydrogen-bond acceptors (Lipinski definition) is 1. The molecule has 21 heavy (non-hydrogen) atoms. The van der Waals surface area contributed by atoms with Crippen LogP contribution in [0.2, 0.25) is 0 Å². The molecule has 1 nitrogen and oxygen atoms in total. The molecule has 0 aliphatic carbocycles. The van der Waals surface area contributed by atoms with Crippen molar-refractivity contribution >= 4 is 26.8 Å². The van der Waals surface area contributed by atoms with Crippen molar-refractivity contribution in [3.05, 3.63) is 40.5 Å². The fourth-order valence-corrected chi connectivity index (χ4v) is 2.01. The lowest BCUT2D eigenvalue weighted by molar-refractivity contribution is -0.359. The first-order valence-electron chi connectivity index (χ1n) is 5.35. The van der Waals surface area contributed by atoms with Crippen LogP contribution in [0.25, 0.3) is 10.9 Å². The van der Waals surface area contributed by atoms with Crippen molar-refractivity contribution in [2.24, 2.45) is 0 Å². The number of pyridine rings is 1. The Morgan fingerprint density at radius 1 is 0.905 bits per heavy atom. The summed E-state index contributed by atoms with van der Waals surface area (Å²) >= 11 is 3.04. The Labute approximate surface area is 121 Å². The first kappa shape index (κ1) is 16.0. The summed E-state index contributed by atoms with van der Waals surface area (Å²) in [4.78, 5) is 3.48. The number of aromatic nitrogens is 1. The molecule has 2 rings (SSSR count). The first-order chi connectivity index (χ1) is 9.47. The molecule has 0 N–H and O–H groups in total. The van der Waals surface area contributed by atoms with Crippen molar-refractivity contribution < 1.29 is 30.7 Å². The third-order valence-electron chi connectivity index (χ3n) is 2.76. The predicted octanol–water partition coefficient (Wildman–Crippen LogP) is 5.29. The first-order valence-corrected chi connectivity index (χ1v) is 6.14. The average molecular weight is 376 g/mol. The van der Waals surface area contributed by atoms with Crippen LogP contribution >= 0.6 is 15.9 Å². The molecule has 0 fully saturated rings. The highest BCUT2D eigenvalue weighted by Crippen LogP contribution is 2.51. The summed E-state index contributed by atoms with van der Waals surface area (Å²) in [5.41, 5.74) is -1.32. The molecule has 0 spiro atoms. The molecule has 9 heteroatoms. The normalized spacial score (nSPS) is 13.7. The van der Waals surface area contributed by atoms with Gasteiger partial charge in [-0.25, -0.2) is 0 Å². The number of fused-ring (bicyclic) bond motifs is 1. The standard InChI is InChI=1S/C12H5BrF7N/c13-8-1-2-9-6(4-8)3-7(5-21-9)10(14,15)11(16,17)12(18,19)20/h1-5H. The summed E-state index contributed by atoms with van der Waals surface area (Å²) in [7, 11) is 0. The maximum absolute atomic E-state index is 13.5. The highest BCUT2D eigenvalue weighted by atomic mass is 79.9. The van der Waals surface area contributed by atoms with Crippen LogP contribution in [0.5, 0.6) is 0 Å². The van der Waals surface area contributed by atoms with Crippen LogP contribution in [0, 0.1) is 0 Å². The minimum atomic E-state index is -6.37. The lowest BCUT2D eigenvalue weighted by atomic mass is 10.0. The van der Waals surface area contributed by atoms with Gasteiger partial charge in [-0.05, 0) is 24.3 Å². The van der Waals surface area contributed by atoms with Gasteiger partial charge in [0.25, 0.3) is 0 Å². The van der Waals surface area contributed by atoms with Crippen LogP contribution in [0.15, 0.2) is 34.9 Å². The van der Waals surface area contributed by atoms with Gasteiger partial charge >= 0.3 is 18.0 Å². The molecule has 1 aromatic carbocycles. The highest BCUT2D eigenvalue weighted by molar-refractivity contribution is 9.10. The van der Waals surface area contributed by atoms with Crippen molar-refractivity contribution in [2.45, 2.75) is 18.0 Å². The minimum absolute atomic E-state index is 0.0134. The molecule has 0 amide bonds. The van der Waals surface area contributed by atoms with Crippen LogP contribution in [0.3, 0.4) is 0 Å². The summed E-state index contributed by atoms with van der Waals surface area (Å²) in [6, 6.07) is 4.78. The smallest absolute Gasteiger partial charge is 0.256 e. The molecule has 0 bridgehead atoms. The zero-order valence-electron chi connectivity index (χ0n) is 9.86. The minimum Gasteiger partial charge on any atom is -0.256 e. The Hall–Kier alpha value is -1.38. The number of hydrogen-bond donors (Lipinski definition) is 0. The molecule has 114 valence electrons. The zero-order chi connectivity index (χ0) is 16.1. The summed E-state index contributed by atoms with van der Waals surface area (Å²) in [5, 5.41) is 0.0134. The van der Waals surface area contributed by atoms with Crippen molar-refractivity contribution in [2.75, 3.05) is 0 Å². The Bertz CT molecular complexity index is 681. The molecule has 0 aliphatic rings. The fraction of sp³-hybridized carbons (Fsp3) is 0.250. The van der Waals surface area contributed by atoms with Gasteiger partial charge in [-0.15, -0.1) is 0 Å². The maximum atomic E-state index is 13.5. The van der Waals surface area contributed by atoms with Gasteiger partial charge in [0.2, 0.25) is 0 Å². The lowest BCUT2D eigenvalue weighted by Crippen LogP contribution is -2.50. The predicted molar refractivity (Wildman–Crippen MR) is 64.3 cm³/mol. The molecule has 0 saturated carbocycles. The summed E-state index contributed by atoms with van der Waals surface area (Å²) in [6.45, 7) is 0. The molecule has 0 unspecified atom stereocenters. The van der Waals surface area contributed by atoms with Crippen molar-refractivity contribution in [1.82, 2.24) is 4.98 Å². The van der Waals surface area contributed by atoms with E-state index in [4.69, 9.17) is 0 Å². The van der Waals surface area contributed by atoms with Crippen molar-refractivity contribution in [3.63, 3.8) is 0 Å². The quantitative estimate of drug-likeness (QED) is 0.650. The van der Waals surface area contributed by atoms with Gasteiger partial charge in [-0.1, -0.05) is 15.9 Å². The van der Waals surface area contributed by atoms with E-state index in [1.807, 2.05) is 0 Å². The fourth-order valence-electron chi connectivity index (χ4n) is 1.63. The Morgan fingerprint density at radius 3 is 2.10 bits per heavy atom. The summed E-state index contributed by atoms with van der Waals surface area (Å²) in [6.07, 6.45) is -6.06. The Kier molecular flexibility index (Phi) is 3.67. The lowest BCUT2D eigenvalue weighted by Gasteiger charge is -2.28.